The van der Waals surface area contributed by atoms with Crippen LogP contribution in [0, 0.1) is 11.6 Å². The largest absolute Gasteiger partial charge is 0.377 e. The number of hydrogen-bond acceptors (Lipinski definition) is 3. The van der Waals surface area contributed by atoms with Gasteiger partial charge in [-0.3, -0.25) is 0 Å². The van der Waals surface area contributed by atoms with Crippen LogP contribution in [-0.2, 0) is 14.8 Å². The molecule has 1 saturated heterocycles. The zero-order valence-corrected chi connectivity index (χ0v) is 10.3. The molecule has 1 aliphatic rings. The number of hydrogen-bond donors (Lipinski definition) is 1. The summed E-state index contributed by atoms with van der Waals surface area (Å²) in [5.41, 5.74) is 0. The zero-order chi connectivity index (χ0) is 13.2. The third kappa shape index (κ3) is 3.24. The van der Waals surface area contributed by atoms with E-state index in [0.717, 1.165) is 25.0 Å². The van der Waals surface area contributed by atoms with Crippen LogP contribution in [0.4, 0.5) is 8.78 Å². The minimum Gasteiger partial charge on any atom is -0.377 e. The fraction of sp³-hybridized carbons (Fsp3) is 0.455. The Morgan fingerprint density at radius 3 is 2.50 bits per heavy atom. The second kappa shape index (κ2) is 5.29. The van der Waals surface area contributed by atoms with Gasteiger partial charge in [-0.25, -0.2) is 21.9 Å². The molecule has 0 amide bonds. The monoisotopic (exact) mass is 277 g/mol. The van der Waals surface area contributed by atoms with Crippen LogP contribution in [0.2, 0.25) is 0 Å². The molecule has 1 atom stereocenters. The van der Waals surface area contributed by atoms with Gasteiger partial charge in [0.05, 0.1) is 11.0 Å². The van der Waals surface area contributed by atoms with E-state index in [-0.39, 0.29) is 12.6 Å². The lowest BCUT2D eigenvalue weighted by Crippen LogP contribution is -2.31. The summed E-state index contributed by atoms with van der Waals surface area (Å²) in [4.78, 5) is -0.419. The fourth-order valence-corrected chi connectivity index (χ4v) is 2.88. The van der Waals surface area contributed by atoms with E-state index in [2.05, 4.69) is 4.72 Å². The summed E-state index contributed by atoms with van der Waals surface area (Å²) in [5, 5.41) is 0. The van der Waals surface area contributed by atoms with Crippen LogP contribution in [0.5, 0.6) is 0 Å². The van der Waals surface area contributed by atoms with Gasteiger partial charge in [0.15, 0.2) is 0 Å². The smallest absolute Gasteiger partial charge is 0.240 e. The number of nitrogens with one attached hydrogen (secondary N) is 1. The molecule has 1 fully saturated rings. The van der Waals surface area contributed by atoms with Crippen molar-refractivity contribution in [3.8, 4) is 0 Å². The van der Waals surface area contributed by atoms with Gasteiger partial charge in [-0.1, -0.05) is 0 Å². The minimum absolute atomic E-state index is 0.112. The second-order valence-corrected chi connectivity index (χ2v) is 5.86. The van der Waals surface area contributed by atoms with Crippen LogP contribution in [0.1, 0.15) is 12.8 Å². The number of benzene rings is 1. The molecule has 100 valence electrons. The number of ether oxygens (including phenoxy) is 1. The standard InChI is InChI=1S/C11H13F2NO3S/c12-8-4-9(13)6-11(5-8)18(15,16)14-7-10-2-1-3-17-10/h4-6,10,14H,1-3,7H2. The Balaban J connectivity index is 2.09. The average Bonchev–Trinajstić information content (AvgIpc) is 2.78. The third-order valence-electron chi connectivity index (χ3n) is 2.67. The molecule has 7 heteroatoms. The van der Waals surface area contributed by atoms with E-state index < -0.39 is 26.6 Å². The van der Waals surface area contributed by atoms with Crippen LogP contribution < -0.4 is 4.72 Å². The maximum Gasteiger partial charge on any atom is 0.240 e. The Hall–Kier alpha value is -1.05. The maximum absolute atomic E-state index is 12.9. The molecule has 1 aliphatic heterocycles. The normalized spacial score (nSPS) is 20.2. The summed E-state index contributed by atoms with van der Waals surface area (Å²) in [6.07, 6.45) is 1.50. The molecule has 0 spiro atoms. The van der Waals surface area contributed by atoms with E-state index in [9.17, 15) is 17.2 Å². The van der Waals surface area contributed by atoms with Crippen molar-refractivity contribution in [3.63, 3.8) is 0 Å². The van der Waals surface area contributed by atoms with Crippen molar-refractivity contribution in [1.29, 1.82) is 0 Å². The van der Waals surface area contributed by atoms with Crippen LogP contribution in [-0.4, -0.2) is 27.7 Å². The Kier molecular flexibility index (Phi) is 3.94. The molecular weight excluding hydrogens is 264 g/mol. The van der Waals surface area contributed by atoms with Crippen molar-refractivity contribution in [2.75, 3.05) is 13.2 Å². The first-order valence-electron chi connectivity index (χ1n) is 5.55. The number of sulfonamides is 1. The predicted octanol–water partition coefficient (Wildman–Crippen LogP) is 1.42. The van der Waals surface area contributed by atoms with Crippen molar-refractivity contribution < 1.29 is 21.9 Å². The van der Waals surface area contributed by atoms with Gasteiger partial charge in [-0.15, -0.1) is 0 Å². The van der Waals surface area contributed by atoms with E-state index in [1.54, 1.807) is 0 Å². The van der Waals surface area contributed by atoms with E-state index in [1.165, 1.54) is 0 Å². The van der Waals surface area contributed by atoms with Gasteiger partial charge in [-0.05, 0) is 25.0 Å². The quantitative estimate of drug-likeness (QED) is 0.905. The summed E-state index contributed by atoms with van der Waals surface area (Å²) in [6.45, 7) is 0.724. The molecular formula is C11H13F2NO3S. The molecule has 18 heavy (non-hydrogen) atoms. The van der Waals surface area contributed by atoms with Crippen LogP contribution in [0.15, 0.2) is 23.1 Å². The molecule has 0 radical (unpaired) electrons. The Morgan fingerprint density at radius 1 is 1.28 bits per heavy atom. The van der Waals surface area contributed by atoms with E-state index >= 15 is 0 Å². The number of halogens is 2. The molecule has 1 heterocycles. The second-order valence-electron chi connectivity index (χ2n) is 4.09. The molecule has 0 bridgehead atoms. The molecule has 0 saturated carbocycles. The molecule has 1 N–H and O–H groups in total. The Morgan fingerprint density at radius 2 is 1.94 bits per heavy atom. The fourth-order valence-electron chi connectivity index (χ4n) is 1.77. The first-order chi connectivity index (χ1) is 8.47. The van der Waals surface area contributed by atoms with Gasteiger partial charge in [-0.2, -0.15) is 0 Å². The lowest BCUT2D eigenvalue weighted by Gasteiger charge is -2.11. The highest BCUT2D eigenvalue weighted by Gasteiger charge is 2.21. The first-order valence-corrected chi connectivity index (χ1v) is 7.03. The lowest BCUT2D eigenvalue weighted by molar-refractivity contribution is 0.114. The van der Waals surface area contributed by atoms with Crippen molar-refractivity contribution in [1.82, 2.24) is 4.72 Å². The van der Waals surface area contributed by atoms with E-state index in [0.29, 0.717) is 12.7 Å². The topological polar surface area (TPSA) is 55.4 Å². The Bertz CT molecular complexity index is 507. The van der Waals surface area contributed by atoms with Gasteiger partial charge in [0.1, 0.15) is 11.6 Å². The van der Waals surface area contributed by atoms with E-state index in [4.69, 9.17) is 4.74 Å². The third-order valence-corrected chi connectivity index (χ3v) is 4.07. The van der Waals surface area contributed by atoms with E-state index in [1.807, 2.05) is 0 Å². The van der Waals surface area contributed by atoms with Gasteiger partial charge in [0.25, 0.3) is 0 Å². The van der Waals surface area contributed by atoms with Gasteiger partial charge < -0.3 is 4.74 Å². The van der Waals surface area contributed by atoms with Crippen molar-refractivity contribution >= 4 is 10.0 Å². The van der Waals surface area contributed by atoms with Gasteiger partial charge in [0, 0.05) is 19.2 Å². The average molecular weight is 277 g/mol. The highest BCUT2D eigenvalue weighted by molar-refractivity contribution is 7.89. The van der Waals surface area contributed by atoms with Crippen LogP contribution >= 0.6 is 0 Å². The summed E-state index contributed by atoms with van der Waals surface area (Å²) < 4.78 is 57.0. The molecule has 1 unspecified atom stereocenters. The molecule has 2 rings (SSSR count). The molecule has 1 aromatic rings. The van der Waals surface area contributed by atoms with Gasteiger partial charge in [0.2, 0.25) is 10.0 Å². The predicted molar refractivity (Wildman–Crippen MR) is 60.5 cm³/mol. The highest BCUT2D eigenvalue weighted by atomic mass is 32.2. The van der Waals surface area contributed by atoms with Crippen molar-refractivity contribution in [2.24, 2.45) is 0 Å². The zero-order valence-electron chi connectivity index (χ0n) is 9.53. The first kappa shape index (κ1) is 13.4. The summed E-state index contributed by atoms with van der Waals surface area (Å²) >= 11 is 0. The SMILES string of the molecule is O=S(=O)(NCC1CCCO1)c1cc(F)cc(F)c1. The summed E-state index contributed by atoms with van der Waals surface area (Å²) in [7, 11) is -3.90. The van der Waals surface area contributed by atoms with Crippen LogP contribution in [0.3, 0.4) is 0 Å². The Labute approximate surface area is 104 Å². The molecule has 0 aliphatic carbocycles. The highest BCUT2D eigenvalue weighted by Crippen LogP contribution is 2.15. The minimum atomic E-state index is -3.90. The molecule has 1 aromatic carbocycles. The van der Waals surface area contributed by atoms with Gasteiger partial charge >= 0.3 is 0 Å². The molecule has 4 nitrogen and oxygen atoms in total. The summed E-state index contributed by atoms with van der Waals surface area (Å²) in [6, 6.07) is 2.18. The number of rotatable bonds is 4. The van der Waals surface area contributed by atoms with Crippen molar-refractivity contribution in [3.05, 3.63) is 29.8 Å². The summed E-state index contributed by atoms with van der Waals surface area (Å²) in [5.74, 6) is -1.85. The molecule has 0 aromatic heterocycles. The van der Waals surface area contributed by atoms with Crippen molar-refractivity contribution in [2.45, 2.75) is 23.8 Å². The van der Waals surface area contributed by atoms with Crippen LogP contribution in [0.25, 0.3) is 0 Å². The lowest BCUT2D eigenvalue weighted by atomic mass is 10.2. The maximum atomic E-state index is 12.9.